The van der Waals surface area contributed by atoms with E-state index < -0.39 is 11.7 Å². The number of esters is 1. The third-order valence-electron chi connectivity index (χ3n) is 8.12. The number of alkyl halides is 3. The van der Waals surface area contributed by atoms with E-state index in [1.54, 1.807) is 12.1 Å². The first-order chi connectivity index (χ1) is 23.2. The van der Waals surface area contributed by atoms with Gasteiger partial charge in [0.15, 0.2) is 0 Å². The van der Waals surface area contributed by atoms with Crippen LogP contribution >= 0.6 is 0 Å². The quantitative estimate of drug-likeness (QED) is 0.127. The molecule has 4 nitrogen and oxygen atoms in total. The number of rotatable bonds is 12. The highest BCUT2D eigenvalue weighted by atomic mass is 19.4. The van der Waals surface area contributed by atoms with Crippen molar-refractivity contribution in [3.63, 3.8) is 0 Å². The van der Waals surface area contributed by atoms with Gasteiger partial charge in [0.05, 0.1) is 29.9 Å². The number of methoxy groups -OCH3 is 1. The zero-order chi connectivity index (χ0) is 33.9. The van der Waals surface area contributed by atoms with Gasteiger partial charge < -0.3 is 9.47 Å². The SMILES string of the molecule is COC(=O)c1ccc(CCC(C=Cc2ccccc2OCc2ccc(-c3ccc(C(F)(F)F)cc3)cc2)Cc2ccc(C#N)cc2)cc1. The summed E-state index contributed by atoms with van der Waals surface area (Å²) in [4.78, 5) is 11.8. The fourth-order valence-electron chi connectivity index (χ4n) is 5.36. The Bertz CT molecular complexity index is 1870. The van der Waals surface area contributed by atoms with E-state index >= 15 is 0 Å². The lowest BCUT2D eigenvalue weighted by molar-refractivity contribution is -0.137. The van der Waals surface area contributed by atoms with Gasteiger partial charge in [-0.1, -0.05) is 91.0 Å². The molecule has 0 aromatic heterocycles. The van der Waals surface area contributed by atoms with Crippen molar-refractivity contribution in [2.45, 2.75) is 32.0 Å². The van der Waals surface area contributed by atoms with E-state index in [1.165, 1.54) is 19.2 Å². The summed E-state index contributed by atoms with van der Waals surface area (Å²) in [5.41, 5.74) is 6.12. The van der Waals surface area contributed by atoms with Gasteiger partial charge in [0.1, 0.15) is 12.4 Å². The second-order valence-electron chi connectivity index (χ2n) is 11.5. The Morgan fingerprint density at radius 1 is 0.792 bits per heavy atom. The number of nitrogens with zero attached hydrogens (tertiary/aromatic N) is 1. The number of benzene rings is 5. The summed E-state index contributed by atoms with van der Waals surface area (Å²) in [6.07, 6.45) is 2.38. The second-order valence-corrected chi connectivity index (χ2v) is 11.5. The number of halogens is 3. The monoisotopic (exact) mass is 645 g/mol. The molecule has 0 N–H and O–H groups in total. The van der Waals surface area contributed by atoms with Gasteiger partial charge in [0.25, 0.3) is 0 Å². The van der Waals surface area contributed by atoms with Crippen LogP contribution in [-0.2, 0) is 30.4 Å². The number of ether oxygens (including phenoxy) is 2. The van der Waals surface area contributed by atoms with Crippen molar-refractivity contribution < 1.29 is 27.4 Å². The molecule has 0 aliphatic rings. The predicted octanol–water partition coefficient (Wildman–Crippen LogP) is 10.1. The van der Waals surface area contributed by atoms with Gasteiger partial charge in [-0.25, -0.2) is 4.79 Å². The van der Waals surface area contributed by atoms with Crippen LogP contribution in [0.5, 0.6) is 5.75 Å². The average Bonchev–Trinajstić information content (AvgIpc) is 3.12. The molecule has 5 rings (SSSR count). The molecule has 0 aliphatic carbocycles. The minimum absolute atomic E-state index is 0.184. The van der Waals surface area contributed by atoms with E-state index in [2.05, 4.69) is 18.2 Å². The van der Waals surface area contributed by atoms with E-state index in [-0.39, 0.29) is 11.9 Å². The molecule has 0 heterocycles. The van der Waals surface area contributed by atoms with Crippen LogP contribution in [-0.4, -0.2) is 13.1 Å². The number of allylic oxidation sites excluding steroid dienone is 1. The van der Waals surface area contributed by atoms with Crippen molar-refractivity contribution in [3.8, 4) is 22.9 Å². The molecule has 0 radical (unpaired) electrons. The normalized spacial score (nSPS) is 12.0. The molecule has 0 amide bonds. The largest absolute Gasteiger partial charge is 0.488 e. The van der Waals surface area contributed by atoms with E-state index in [9.17, 15) is 23.2 Å². The number of nitriles is 1. The van der Waals surface area contributed by atoms with Crippen molar-refractivity contribution in [2.24, 2.45) is 5.92 Å². The first kappa shape index (κ1) is 33.7. The lowest BCUT2D eigenvalue weighted by Gasteiger charge is -2.15. The van der Waals surface area contributed by atoms with Crippen LogP contribution in [0, 0.1) is 17.2 Å². The molecule has 5 aromatic rings. The Kier molecular flexibility index (Phi) is 11.1. The van der Waals surface area contributed by atoms with Gasteiger partial charge in [0, 0.05) is 5.56 Å². The van der Waals surface area contributed by atoms with Crippen molar-refractivity contribution in [3.05, 3.63) is 166 Å². The fraction of sp³-hybridized carbons (Fsp3) is 0.171. The van der Waals surface area contributed by atoms with E-state index in [0.29, 0.717) is 23.3 Å². The molecule has 5 aromatic carbocycles. The Morgan fingerprint density at radius 3 is 2.02 bits per heavy atom. The van der Waals surface area contributed by atoms with Crippen molar-refractivity contribution >= 4 is 12.0 Å². The molecule has 48 heavy (non-hydrogen) atoms. The molecule has 242 valence electrons. The molecular formula is C41H34F3NO3. The molecule has 7 heteroatoms. The molecule has 0 bridgehead atoms. The highest BCUT2D eigenvalue weighted by molar-refractivity contribution is 5.89. The third kappa shape index (κ3) is 9.23. The maximum absolute atomic E-state index is 12.9. The van der Waals surface area contributed by atoms with Crippen LogP contribution < -0.4 is 4.74 Å². The van der Waals surface area contributed by atoms with Gasteiger partial charge in [-0.05, 0) is 95.5 Å². The van der Waals surface area contributed by atoms with Crippen LogP contribution in [0.1, 0.15) is 50.2 Å². The Labute approximate surface area is 278 Å². The molecular weight excluding hydrogens is 611 g/mol. The van der Waals surface area contributed by atoms with Crippen molar-refractivity contribution in [1.82, 2.24) is 0 Å². The highest BCUT2D eigenvalue weighted by Crippen LogP contribution is 2.31. The lowest BCUT2D eigenvalue weighted by atomic mass is 9.91. The van der Waals surface area contributed by atoms with Gasteiger partial charge >= 0.3 is 12.1 Å². The molecule has 0 spiro atoms. The molecule has 0 saturated carbocycles. The first-order valence-electron chi connectivity index (χ1n) is 15.5. The molecule has 1 atom stereocenters. The second kappa shape index (κ2) is 15.8. The number of hydrogen-bond donors (Lipinski definition) is 0. The third-order valence-corrected chi connectivity index (χ3v) is 8.12. The van der Waals surface area contributed by atoms with E-state index in [4.69, 9.17) is 9.47 Å². The summed E-state index contributed by atoms with van der Waals surface area (Å²) in [5.74, 6) is 0.555. The maximum Gasteiger partial charge on any atom is 0.416 e. The Hall–Kier alpha value is -5.61. The first-order valence-corrected chi connectivity index (χ1v) is 15.5. The maximum atomic E-state index is 12.9. The zero-order valence-corrected chi connectivity index (χ0v) is 26.4. The number of para-hydroxylation sites is 1. The van der Waals surface area contributed by atoms with Gasteiger partial charge in [-0.15, -0.1) is 0 Å². The molecule has 0 aliphatic heterocycles. The lowest BCUT2D eigenvalue weighted by Crippen LogP contribution is -2.05. The minimum atomic E-state index is -4.36. The topological polar surface area (TPSA) is 59.3 Å². The van der Waals surface area contributed by atoms with Gasteiger partial charge in [-0.3, -0.25) is 0 Å². The Balaban J connectivity index is 1.26. The van der Waals surface area contributed by atoms with Crippen LogP contribution in [0.15, 0.2) is 127 Å². The number of aryl methyl sites for hydroxylation is 1. The van der Waals surface area contributed by atoms with Crippen LogP contribution in [0.25, 0.3) is 17.2 Å². The summed E-state index contributed by atoms with van der Waals surface area (Å²) < 4.78 is 49.8. The molecule has 1 unspecified atom stereocenters. The van der Waals surface area contributed by atoms with E-state index in [0.717, 1.165) is 65.0 Å². The summed E-state index contributed by atoms with van der Waals surface area (Å²) >= 11 is 0. The fourth-order valence-corrected chi connectivity index (χ4v) is 5.36. The summed E-state index contributed by atoms with van der Waals surface area (Å²) in [5, 5.41) is 9.20. The smallest absolute Gasteiger partial charge is 0.416 e. The van der Waals surface area contributed by atoms with Gasteiger partial charge in [0.2, 0.25) is 0 Å². The molecule has 0 fully saturated rings. The van der Waals surface area contributed by atoms with Crippen LogP contribution in [0.3, 0.4) is 0 Å². The number of carbonyl (C=O) groups excluding carboxylic acids is 1. The molecule has 0 saturated heterocycles. The van der Waals surface area contributed by atoms with Crippen LogP contribution in [0.4, 0.5) is 13.2 Å². The summed E-state index contributed by atoms with van der Waals surface area (Å²) in [6, 6.07) is 37.8. The highest BCUT2D eigenvalue weighted by Gasteiger charge is 2.30. The van der Waals surface area contributed by atoms with E-state index in [1.807, 2.05) is 84.9 Å². The van der Waals surface area contributed by atoms with Crippen molar-refractivity contribution in [2.75, 3.05) is 7.11 Å². The predicted molar refractivity (Wildman–Crippen MR) is 181 cm³/mol. The summed E-state index contributed by atoms with van der Waals surface area (Å²) in [7, 11) is 1.37. The van der Waals surface area contributed by atoms with Crippen LogP contribution in [0.2, 0.25) is 0 Å². The Morgan fingerprint density at radius 2 is 1.40 bits per heavy atom. The summed E-state index contributed by atoms with van der Waals surface area (Å²) in [6.45, 7) is 0.328. The number of hydrogen-bond acceptors (Lipinski definition) is 4. The van der Waals surface area contributed by atoms with Gasteiger partial charge in [-0.2, -0.15) is 18.4 Å². The minimum Gasteiger partial charge on any atom is -0.488 e. The standard InChI is InChI=1S/C41H34F3NO3/c1-47-40(46)37-20-12-29(13-21-37)6-7-31(26-30-8-10-32(27-45)11-9-30)14-19-36-4-2-3-5-39(36)48-28-33-15-17-34(18-16-33)35-22-24-38(25-23-35)41(42,43)44/h2-5,8-25,31H,6-7,26,28H2,1H3. The average molecular weight is 646 g/mol. The zero-order valence-electron chi connectivity index (χ0n) is 26.4. The number of carbonyl (C=O) groups is 1. The van der Waals surface area contributed by atoms with Crippen molar-refractivity contribution in [1.29, 1.82) is 5.26 Å².